The third kappa shape index (κ3) is 3.74. The molecule has 0 saturated carbocycles. The van der Waals surface area contributed by atoms with Gasteiger partial charge in [0.25, 0.3) is 0 Å². The van der Waals surface area contributed by atoms with Gasteiger partial charge in [-0.2, -0.15) is 4.98 Å². The third-order valence-corrected chi connectivity index (χ3v) is 6.00. The summed E-state index contributed by atoms with van der Waals surface area (Å²) in [5, 5.41) is 1.53. The number of nitrogens with zero attached hydrogens (tertiary/aromatic N) is 4. The number of anilines is 2. The molecule has 2 aliphatic rings. The van der Waals surface area contributed by atoms with Crippen LogP contribution < -0.4 is 20.1 Å². The van der Waals surface area contributed by atoms with Gasteiger partial charge in [-0.15, -0.1) is 0 Å². The molecule has 1 aromatic carbocycles. The van der Waals surface area contributed by atoms with Crippen molar-refractivity contribution in [2.75, 3.05) is 64.4 Å². The molecule has 0 aliphatic carbocycles. The minimum Gasteiger partial charge on any atom is -0.493 e. The molecule has 2 aliphatic heterocycles. The van der Waals surface area contributed by atoms with E-state index >= 15 is 0 Å². The van der Waals surface area contributed by atoms with Gasteiger partial charge in [-0.3, -0.25) is 4.98 Å². The number of methoxy groups -OCH3 is 2. The zero-order valence-corrected chi connectivity index (χ0v) is 18.3. The van der Waals surface area contributed by atoms with E-state index in [0.717, 1.165) is 42.4 Å². The molecule has 0 atom stereocenters. The Morgan fingerprint density at radius 3 is 2.53 bits per heavy atom. The van der Waals surface area contributed by atoms with E-state index < -0.39 is 5.79 Å². The number of nitrogen functional groups attached to an aromatic ring is 1. The summed E-state index contributed by atoms with van der Waals surface area (Å²) in [6.07, 6.45) is 3.23. The van der Waals surface area contributed by atoms with Crippen molar-refractivity contribution in [2.24, 2.45) is 0 Å². The highest BCUT2D eigenvalue weighted by molar-refractivity contribution is 6.07. The number of fused-ring (bicyclic) bond motifs is 3. The Morgan fingerprint density at radius 1 is 1.03 bits per heavy atom. The summed E-state index contributed by atoms with van der Waals surface area (Å²) >= 11 is 0. The summed E-state index contributed by atoms with van der Waals surface area (Å²) in [5.74, 6) is 1.73. The van der Waals surface area contributed by atoms with Gasteiger partial charge in [-0.25, -0.2) is 4.98 Å². The molecule has 1 spiro atoms. The van der Waals surface area contributed by atoms with Crippen molar-refractivity contribution in [3.05, 3.63) is 18.3 Å². The van der Waals surface area contributed by atoms with Gasteiger partial charge in [0.05, 0.1) is 43.4 Å². The Hall–Kier alpha value is -2.95. The van der Waals surface area contributed by atoms with Crippen LogP contribution >= 0.6 is 0 Å². The van der Waals surface area contributed by atoms with Crippen LogP contribution in [-0.2, 0) is 14.2 Å². The summed E-state index contributed by atoms with van der Waals surface area (Å²) in [6, 6.07) is 3.73. The minimum absolute atomic E-state index is 0.396. The van der Waals surface area contributed by atoms with Crippen LogP contribution in [0.25, 0.3) is 21.8 Å². The largest absolute Gasteiger partial charge is 0.493 e. The molecule has 0 radical (unpaired) electrons. The maximum atomic E-state index is 6.31. The molecule has 10 heteroatoms. The lowest BCUT2D eigenvalue weighted by molar-refractivity contribution is -0.169. The van der Waals surface area contributed by atoms with Crippen molar-refractivity contribution in [3.63, 3.8) is 0 Å². The highest BCUT2D eigenvalue weighted by Gasteiger charge is 2.40. The second-order valence-electron chi connectivity index (χ2n) is 7.89. The summed E-state index contributed by atoms with van der Waals surface area (Å²) in [6.45, 7) is 3.65. The summed E-state index contributed by atoms with van der Waals surface area (Å²) in [7, 11) is 3.24. The summed E-state index contributed by atoms with van der Waals surface area (Å²) < 4.78 is 28.1. The topological polar surface area (TPSA) is 114 Å². The number of hydrogen-bond acceptors (Lipinski definition) is 10. The maximum absolute atomic E-state index is 6.31. The quantitative estimate of drug-likeness (QED) is 0.451. The van der Waals surface area contributed by atoms with Crippen LogP contribution in [-0.4, -0.2) is 74.5 Å². The maximum Gasteiger partial charge on any atom is 0.227 e. The van der Waals surface area contributed by atoms with Gasteiger partial charge in [0.2, 0.25) is 5.95 Å². The van der Waals surface area contributed by atoms with Crippen LogP contribution in [0.2, 0.25) is 0 Å². The van der Waals surface area contributed by atoms with Crippen molar-refractivity contribution in [3.8, 4) is 11.5 Å². The second-order valence-corrected chi connectivity index (χ2v) is 7.89. The van der Waals surface area contributed by atoms with E-state index in [2.05, 4.69) is 14.9 Å². The summed E-state index contributed by atoms with van der Waals surface area (Å²) in [4.78, 5) is 16.1. The Bertz CT molecular complexity index is 1120. The number of hydrogen-bond donors (Lipinski definition) is 1. The highest BCUT2D eigenvalue weighted by Crippen LogP contribution is 2.37. The molecule has 0 amide bonds. The Balaban J connectivity index is 1.51. The summed E-state index contributed by atoms with van der Waals surface area (Å²) in [5.41, 5.74) is 7.78. The lowest BCUT2D eigenvalue weighted by atomic mass is 10.0. The zero-order chi connectivity index (χ0) is 22.1. The van der Waals surface area contributed by atoms with E-state index in [1.165, 1.54) is 0 Å². The minimum atomic E-state index is -0.456. The molecule has 5 rings (SSSR count). The number of benzene rings is 1. The van der Waals surface area contributed by atoms with E-state index in [9.17, 15) is 0 Å². The lowest BCUT2D eigenvalue weighted by Gasteiger charge is -2.37. The molecular weight excluding hydrogens is 414 g/mol. The normalized spacial score (nSPS) is 18.0. The average molecular weight is 441 g/mol. The molecule has 2 saturated heterocycles. The number of ether oxygens (including phenoxy) is 5. The first-order chi connectivity index (χ1) is 15.6. The van der Waals surface area contributed by atoms with Crippen molar-refractivity contribution in [1.82, 2.24) is 15.0 Å². The van der Waals surface area contributed by atoms with Crippen molar-refractivity contribution in [1.29, 1.82) is 0 Å². The Kier molecular flexibility index (Phi) is 5.58. The fraction of sp³-hybridized carbons (Fsp3) is 0.500. The predicted octanol–water partition coefficient (Wildman–Crippen LogP) is 2.14. The van der Waals surface area contributed by atoms with Crippen molar-refractivity contribution >= 4 is 33.6 Å². The van der Waals surface area contributed by atoms with Crippen LogP contribution in [0.3, 0.4) is 0 Å². The molecule has 0 unspecified atom stereocenters. The first kappa shape index (κ1) is 20.9. The van der Waals surface area contributed by atoms with Crippen molar-refractivity contribution in [2.45, 2.75) is 18.6 Å². The lowest BCUT2D eigenvalue weighted by Crippen LogP contribution is -2.45. The van der Waals surface area contributed by atoms with Crippen LogP contribution in [0.5, 0.6) is 11.5 Å². The van der Waals surface area contributed by atoms with Crippen LogP contribution in [0.4, 0.5) is 11.8 Å². The smallest absolute Gasteiger partial charge is 0.227 e. The molecule has 0 bridgehead atoms. The van der Waals surface area contributed by atoms with Gasteiger partial charge >= 0.3 is 0 Å². The van der Waals surface area contributed by atoms with Crippen molar-refractivity contribution < 1.29 is 23.7 Å². The fourth-order valence-corrected chi connectivity index (χ4v) is 4.27. The van der Waals surface area contributed by atoms with Gasteiger partial charge in [0.15, 0.2) is 17.3 Å². The number of nitrogens with two attached hydrogens (primary N) is 1. The average Bonchev–Trinajstić information content (AvgIpc) is 3.26. The first-order valence-corrected chi connectivity index (χ1v) is 10.7. The van der Waals surface area contributed by atoms with Crippen LogP contribution in [0, 0.1) is 0 Å². The Labute approximate surface area is 185 Å². The highest BCUT2D eigenvalue weighted by atomic mass is 16.7. The number of aromatic nitrogens is 3. The molecule has 2 fully saturated rings. The van der Waals surface area contributed by atoms with E-state index in [-0.39, 0.29) is 0 Å². The first-order valence-electron chi connectivity index (χ1n) is 10.7. The third-order valence-electron chi connectivity index (χ3n) is 6.00. The molecule has 10 nitrogen and oxygen atoms in total. The molecule has 32 heavy (non-hydrogen) atoms. The van der Waals surface area contributed by atoms with Crippen LogP contribution in [0.15, 0.2) is 18.3 Å². The second kappa shape index (κ2) is 8.53. The molecule has 2 aromatic heterocycles. The van der Waals surface area contributed by atoms with E-state index in [0.29, 0.717) is 55.1 Å². The van der Waals surface area contributed by atoms with E-state index in [1.807, 2.05) is 12.1 Å². The fourth-order valence-electron chi connectivity index (χ4n) is 4.27. The van der Waals surface area contributed by atoms with E-state index in [1.54, 1.807) is 20.4 Å². The molecule has 3 aromatic rings. The monoisotopic (exact) mass is 441 g/mol. The molecule has 2 N–H and O–H groups in total. The molecule has 170 valence electrons. The number of pyridine rings is 1. The van der Waals surface area contributed by atoms with Crippen LogP contribution in [0.1, 0.15) is 12.8 Å². The van der Waals surface area contributed by atoms with E-state index in [4.69, 9.17) is 34.4 Å². The zero-order valence-electron chi connectivity index (χ0n) is 18.3. The van der Waals surface area contributed by atoms with Gasteiger partial charge in [0.1, 0.15) is 12.4 Å². The number of rotatable bonds is 6. The van der Waals surface area contributed by atoms with Gasteiger partial charge in [0, 0.05) is 50.7 Å². The van der Waals surface area contributed by atoms with Gasteiger partial charge in [-0.05, 0) is 6.07 Å². The SMILES string of the molecule is COCCOc1cc2ncc3c(N)nc(N4CCC5(CC4)OCCO5)nc3c2cc1OC. The molecular formula is C22H27N5O5. The predicted molar refractivity (Wildman–Crippen MR) is 119 cm³/mol. The number of piperidine rings is 1. The standard InChI is InChI=1S/C22H27N5O5/c1-28-7-8-30-18-12-16-14(11-17(18)29-2)19-15(13-24-16)20(23)26-21(25-19)27-5-3-22(4-6-27)31-9-10-32-22/h11-13H,3-10H2,1-2H3,(H2,23,25,26). The molecule has 4 heterocycles. The Morgan fingerprint density at radius 2 is 1.81 bits per heavy atom. The van der Waals surface area contributed by atoms with Gasteiger partial charge < -0.3 is 34.3 Å². The van der Waals surface area contributed by atoms with Gasteiger partial charge in [-0.1, -0.05) is 0 Å².